The monoisotopic (exact) mass is 557 g/mol. The summed E-state index contributed by atoms with van der Waals surface area (Å²) in [4.78, 5) is 35.8. The molecule has 4 fully saturated rings. The SMILES string of the molecule is CCCCC1CN(CC2CCCCC2)C(=O)OC12CCN(C1CCN(C(=O)c3c(C)sc(C)c3C)CC1)CC2. The summed E-state index contributed by atoms with van der Waals surface area (Å²) in [5, 5.41) is 0. The summed E-state index contributed by atoms with van der Waals surface area (Å²) in [7, 11) is 0. The van der Waals surface area contributed by atoms with Crippen LogP contribution in [-0.2, 0) is 4.74 Å². The maximum absolute atomic E-state index is 13.3. The lowest BCUT2D eigenvalue weighted by Gasteiger charge is -2.52. The number of piperidine rings is 2. The summed E-state index contributed by atoms with van der Waals surface area (Å²) in [6.45, 7) is 14.0. The molecule has 0 bridgehead atoms. The lowest BCUT2D eigenvalue weighted by molar-refractivity contribution is -0.127. The molecule has 5 rings (SSSR count). The molecule has 4 heterocycles. The minimum atomic E-state index is -0.283. The molecular weight excluding hydrogens is 506 g/mol. The number of nitrogens with zero attached hydrogens (tertiary/aromatic N) is 3. The van der Waals surface area contributed by atoms with E-state index in [2.05, 4.69) is 42.4 Å². The molecule has 0 radical (unpaired) electrons. The normalized spacial score (nSPS) is 25.3. The van der Waals surface area contributed by atoms with E-state index in [4.69, 9.17) is 4.74 Å². The summed E-state index contributed by atoms with van der Waals surface area (Å²) in [5.41, 5.74) is 1.81. The second-order valence-corrected chi connectivity index (χ2v) is 14.4. The van der Waals surface area contributed by atoms with E-state index in [1.54, 1.807) is 11.3 Å². The number of hydrogen-bond acceptors (Lipinski definition) is 5. The molecular formula is C32H51N3O3S. The maximum Gasteiger partial charge on any atom is 0.410 e. The number of likely N-dealkylation sites (tertiary alicyclic amines) is 2. The molecule has 39 heavy (non-hydrogen) atoms. The van der Waals surface area contributed by atoms with Crippen LogP contribution in [0.1, 0.15) is 110 Å². The number of amides is 2. The van der Waals surface area contributed by atoms with Crippen molar-refractivity contribution in [2.45, 2.75) is 116 Å². The highest BCUT2D eigenvalue weighted by molar-refractivity contribution is 7.12. The summed E-state index contributed by atoms with van der Waals surface area (Å²) in [5.74, 6) is 1.32. The van der Waals surface area contributed by atoms with E-state index in [-0.39, 0.29) is 17.6 Å². The topological polar surface area (TPSA) is 53.1 Å². The van der Waals surface area contributed by atoms with Crippen LogP contribution in [0.2, 0.25) is 0 Å². The van der Waals surface area contributed by atoms with Crippen molar-refractivity contribution in [3.8, 4) is 0 Å². The predicted octanol–water partition coefficient (Wildman–Crippen LogP) is 6.95. The van der Waals surface area contributed by atoms with Crippen molar-refractivity contribution in [2.75, 3.05) is 39.3 Å². The van der Waals surface area contributed by atoms with Crippen LogP contribution in [0.3, 0.4) is 0 Å². The highest BCUT2D eigenvalue weighted by Crippen LogP contribution is 2.42. The van der Waals surface area contributed by atoms with Crippen molar-refractivity contribution in [3.05, 3.63) is 20.9 Å². The zero-order chi connectivity index (χ0) is 27.6. The van der Waals surface area contributed by atoms with Crippen LogP contribution in [0.5, 0.6) is 0 Å². The van der Waals surface area contributed by atoms with Crippen molar-refractivity contribution in [3.63, 3.8) is 0 Å². The fraction of sp³-hybridized carbons (Fsp3) is 0.812. The average molecular weight is 558 g/mol. The Kier molecular flexibility index (Phi) is 9.27. The number of thiophene rings is 1. The molecule has 1 saturated carbocycles. The van der Waals surface area contributed by atoms with Crippen molar-refractivity contribution in [1.29, 1.82) is 0 Å². The van der Waals surface area contributed by atoms with E-state index in [0.29, 0.717) is 17.9 Å². The van der Waals surface area contributed by atoms with E-state index in [0.717, 1.165) is 87.4 Å². The average Bonchev–Trinajstić information content (AvgIpc) is 3.20. The number of ether oxygens (including phenoxy) is 1. The highest BCUT2D eigenvalue weighted by Gasteiger charge is 2.50. The van der Waals surface area contributed by atoms with Gasteiger partial charge in [-0.1, -0.05) is 39.0 Å². The van der Waals surface area contributed by atoms with Gasteiger partial charge in [0, 0.05) is 73.8 Å². The molecule has 6 nitrogen and oxygen atoms in total. The van der Waals surface area contributed by atoms with Gasteiger partial charge in [-0.2, -0.15) is 0 Å². The zero-order valence-electron chi connectivity index (χ0n) is 24.9. The van der Waals surface area contributed by atoms with Gasteiger partial charge in [0.25, 0.3) is 5.91 Å². The summed E-state index contributed by atoms with van der Waals surface area (Å²) in [6, 6.07) is 0.522. The second kappa shape index (κ2) is 12.5. The van der Waals surface area contributed by atoms with Gasteiger partial charge in [-0.15, -0.1) is 11.3 Å². The number of carbonyl (C=O) groups is 2. The van der Waals surface area contributed by atoms with Crippen LogP contribution in [0.4, 0.5) is 4.79 Å². The molecule has 1 atom stereocenters. The first-order valence-electron chi connectivity index (χ1n) is 15.9. The van der Waals surface area contributed by atoms with Crippen molar-refractivity contribution < 1.29 is 14.3 Å². The lowest BCUT2D eigenvalue weighted by Crippen LogP contribution is -2.61. The van der Waals surface area contributed by atoms with E-state index in [1.807, 2.05) is 0 Å². The smallest absolute Gasteiger partial charge is 0.410 e. The Morgan fingerprint density at radius 2 is 1.67 bits per heavy atom. The molecule has 4 aliphatic rings. The molecule has 2 amide bonds. The third-order valence-corrected chi connectivity index (χ3v) is 11.7. The van der Waals surface area contributed by atoms with Crippen LogP contribution < -0.4 is 0 Å². The predicted molar refractivity (Wildman–Crippen MR) is 159 cm³/mol. The Morgan fingerprint density at radius 1 is 0.974 bits per heavy atom. The Hall–Kier alpha value is -1.60. The molecule has 1 spiro atoms. The summed E-state index contributed by atoms with van der Waals surface area (Å²) in [6.07, 6.45) is 14.0. The molecule has 7 heteroatoms. The summed E-state index contributed by atoms with van der Waals surface area (Å²) >= 11 is 1.74. The van der Waals surface area contributed by atoms with Crippen molar-refractivity contribution >= 4 is 23.3 Å². The molecule has 0 N–H and O–H groups in total. The van der Waals surface area contributed by atoms with Gasteiger partial charge in [-0.25, -0.2) is 4.79 Å². The van der Waals surface area contributed by atoms with Crippen LogP contribution >= 0.6 is 11.3 Å². The van der Waals surface area contributed by atoms with Crippen LogP contribution in [0, 0.1) is 32.6 Å². The first kappa shape index (κ1) is 28.9. The van der Waals surface area contributed by atoms with Crippen LogP contribution in [-0.4, -0.2) is 77.6 Å². The Bertz CT molecular complexity index is 1000. The van der Waals surface area contributed by atoms with Crippen LogP contribution in [0.25, 0.3) is 0 Å². The van der Waals surface area contributed by atoms with E-state index in [1.165, 1.54) is 49.8 Å². The summed E-state index contributed by atoms with van der Waals surface area (Å²) < 4.78 is 6.44. The van der Waals surface area contributed by atoms with Gasteiger partial charge < -0.3 is 14.5 Å². The zero-order valence-corrected chi connectivity index (χ0v) is 25.8. The van der Waals surface area contributed by atoms with E-state index < -0.39 is 0 Å². The van der Waals surface area contributed by atoms with Gasteiger partial charge in [0.2, 0.25) is 0 Å². The van der Waals surface area contributed by atoms with Crippen molar-refractivity contribution in [1.82, 2.24) is 14.7 Å². The van der Waals surface area contributed by atoms with Gasteiger partial charge >= 0.3 is 6.09 Å². The molecule has 1 aromatic rings. The first-order chi connectivity index (χ1) is 18.8. The van der Waals surface area contributed by atoms with Gasteiger partial charge in [-0.3, -0.25) is 9.69 Å². The third-order valence-electron chi connectivity index (χ3n) is 10.5. The van der Waals surface area contributed by atoms with E-state index in [9.17, 15) is 9.59 Å². The van der Waals surface area contributed by atoms with Gasteiger partial charge in [-0.05, 0) is 64.4 Å². The lowest BCUT2D eigenvalue weighted by atomic mass is 9.75. The molecule has 3 saturated heterocycles. The first-order valence-corrected chi connectivity index (χ1v) is 16.7. The Morgan fingerprint density at radius 3 is 2.28 bits per heavy atom. The number of hydrogen-bond donors (Lipinski definition) is 0. The number of aryl methyl sites for hydroxylation is 2. The fourth-order valence-corrected chi connectivity index (χ4v) is 9.00. The number of unbranched alkanes of at least 4 members (excludes halogenated alkanes) is 1. The second-order valence-electron chi connectivity index (χ2n) is 13.0. The largest absolute Gasteiger partial charge is 0.442 e. The molecule has 1 unspecified atom stereocenters. The third kappa shape index (κ3) is 6.19. The van der Waals surface area contributed by atoms with Crippen molar-refractivity contribution in [2.24, 2.45) is 11.8 Å². The molecule has 0 aromatic carbocycles. The number of rotatable bonds is 7. The Labute approximate surface area is 240 Å². The minimum Gasteiger partial charge on any atom is -0.442 e. The van der Waals surface area contributed by atoms with Gasteiger partial charge in [0.15, 0.2) is 0 Å². The molecule has 218 valence electrons. The van der Waals surface area contributed by atoms with Crippen LogP contribution in [0.15, 0.2) is 0 Å². The van der Waals surface area contributed by atoms with Gasteiger partial charge in [0.05, 0.1) is 5.56 Å². The maximum atomic E-state index is 13.3. The van der Waals surface area contributed by atoms with E-state index >= 15 is 0 Å². The minimum absolute atomic E-state index is 0.0529. The quantitative estimate of drug-likeness (QED) is 0.364. The number of carbonyl (C=O) groups excluding carboxylic acids is 2. The molecule has 1 aromatic heterocycles. The Balaban J connectivity index is 1.16. The highest BCUT2D eigenvalue weighted by atomic mass is 32.1. The molecule has 3 aliphatic heterocycles. The fourth-order valence-electron chi connectivity index (χ4n) is 7.94. The molecule has 1 aliphatic carbocycles. The van der Waals surface area contributed by atoms with Gasteiger partial charge in [0.1, 0.15) is 5.60 Å². The standard InChI is InChI=1S/C32H51N3O3S/c1-5-6-12-27-22-35(21-26-10-8-7-9-11-26)31(37)38-32(27)15-19-33(20-16-32)28-13-17-34(18-14-28)30(36)29-23(2)24(3)39-25(29)4/h26-28H,5-22H2,1-4H3.